The highest BCUT2D eigenvalue weighted by atomic mass is 35.5. The third-order valence-corrected chi connectivity index (χ3v) is 5.92. The van der Waals surface area contributed by atoms with Gasteiger partial charge in [0, 0.05) is 19.8 Å². The highest BCUT2D eigenvalue weighted by Gasteiger charge is 2.16. The van der Waals surface area contributed by atoms with Crippen LogP contribution in [0.25, 0.3) is 11.2 Å². The van der Waals surface area contributed by atoms with Crippen molar-refractivity contribution >= 4 is 51.8 Å². The Balaban J connectivity index is 1.90. The predicted octanol–water partition coefficient (Wildman–Crippen LogP) is 1.75. The van der Waals surface area contributed by atoms with Crippen molar-refractivity contribution in [1.82, 2.24) is 19.1 Å². The van der Waals surface area contributed by atoms with E-state index in [0.717, 1.165) is 21.5 Å². The van der Waals surface area contributed by atoms with Gasteiger partial charge < -0.3 is 9.72 Å². The fraction of sp³-hybridized carbons (Fsp3) is 0.286. The number of nitrogens with one attached hydrogen (secondary N) is 1. The summed E-state index contributed by atoms with van der Waals surface area (Å²) in [6.45, 7) is 0. The zero-order valence-electron chi connectivity index (χ0n) is 13.5. The van der Waals surface area contributed by atoms with E-state index in [1.54, 1.807) is 13.1 Å². The first-order valence-corrected chi connectivity index (χ1v) is 9.16. The minimum Gasteiger partial charge on any atom is -0.465 e. The van der Waals surface area contributed by atoms with Gasteiger partial charge in [-0.25, -0.2) is 14.6 Å². The molecule has 11 heteroatoms. The van der Waals surface area contributed by atoms with Crippen molar-refractivity contribution in [2.24, 2.45) is 14.1 Å². The van der Waals surface area contributed by atoms with Crippen molar-refractivity contribution in [2.75, 3.05) is 7.11 Å². The molecule has 3 aromatic rings. The number of methoxy groups -OCH3 is 1. The van der Waals surface area contributed by atoms with E-state index in [1.165, 1.54) is 30.5 Å². The van der Waals surface area contributed by atoms with Crippen LogP contribution in [-0.2, 0) is 24.6 Å². The second-order valence-corrected chi connectivity index (χ2v) is 7.75. The van der Waals surface area contributed by atoms with Gasteiger partial charge in [-0.05, 0) is 11.6 Å². The molecule has 0 atom stereocenters. The Morgan fingerprint density at radius 3 is 2.80 bits per heavy atom. The second-order valence-electron chi connectivity index (χ2n) is 5.14. The molecule has 0 saturated carbocycles. The number of esters is 1. The van der Waals surface area contributed by atoms with E-state index >= 15 is 0 Å². The number of thioether (sulfide) groups is 1. The van der Waals surface area contributed by atoms with Gasteiger partial charge in [-0.1, -0.05) is 23.4 Å². The Kier molecular flexibility index (Phi) is 4.76. The van der Waals surface area contributed by atoms with Crippen LogP contribution in [0.3, 0.4) is 0 Å². The molecular weight excluding hydrogens is 388 g/mol. The molecule has 1 N–H and O–H groups in total. The zero-order chi connectivity index (χ0) is 18.3. The average molecular weight is 401 g/mol. The first-order valence-electron chi connectivity index (χ1n) is 6.98. The Hall–Kier alpha value is -2.04. The van der Waals surface area contributed by atoms with Crippen molar-refractivity contribution in [3.8, 4) is 0 Å². The highest BCUT2D eigenvalue weighted by molar-refractivity contribution is 7.98. The molecule has 0 unspecified atom stereocenters. The van der Waals surface area contributed by atoms with Gasteiger partial charge in [0.15, 0.2) is 16.3 Å². The SMILES string of the molecule is COC(=O)c1cc(CSc2nc3c([nH]2)c(=O)n(C)c(=O)n3C)c(Cl)s1. The average Bonchev–Trinajstić information content (AvgIpc) is 3.19. The van der Waals surface area contributed by atoms with Gasteiger partial charge in [0.1, 0.15) is 4.88 Å². The number of carbonyl (C=O) groups is 1. The molecule has 0 radical (unpaired) electrons. The normalized spacial score (nSPS) is 11.2. The third kappa shape index (κ3) is 3.12. The van der Waals surface area contributed by atoms with E-state index in [-0.39, 0.29) is 5.52 Å². The van der Waals surface area contributed by atoms with Crippen molar-refractivity contribution in [3.63, 3.8) is 0 Å². The van der Waals surface area contributed by atoms with Crippen LogP contribution in [0.5, 0.6) is 0 Å². The summed E-state index contributed by atoms with van der Waals surface area (Å²) in [5, 5.41) is 0.482. The van der Waals surface area contributed by atoms with Gasteiger partial charge in [-0.3, -0.25) is 13.9 Å². The van der Waals surface area contributed by atoms with E-state index in [9.17, 15) is 14.4 Å². The standard InChI is InChI=1S/C14H13ClN4O4S2/c1-18-10-8(11(20)19(2)14(18)22)16-13(17-10)24-5-6-4-7(12(21)23-3)25-9(6)15/h4H,5H2,1-3H3,(H,16,17). The minimum absolute atomic E-state index is 0.263. The molecule has 0 aliphatic rings. The molecule has 0 aromatic carbocycles. The zero-order valence-corrected chi connectivity index (χ0v) is 15.8. The number of nitrogens with zero attached hydrogens (tertiary/aromatic N) is 3. The number of H-pyrrole nitrogens is 1. The maximum atomic E-state index is 12.2. The summed E-state index contributed by atoms with van der Waals surface area (Å²) in [7, 11) is 4.28. The minimum atomic E-state index is -0.441. The van der Waals surface area contributed by atoms with Crippen LogP contribution in [0, 0.1) is 0 Å². The monoisotopic (exact) mass is 400 g/mol. The number of rotatable bonds is 4. The maximum Gasteiger partial charge on any atom is 0.348 e. The van der Waals surface area contributed by atoms with Gasteiger partial charge in [-0.2, -0.15) is 0 Å². The molecule has 0 aliphatic heterocycles. The number of halogens is 1. The largest absolute Gasteiger partial charge is 0.465 e. The molecule has 0 amide bonds. The molecule has 3 aromatic heterocycles. The molecule has 0 aliphatic carbocycles. The van der Waals surface area contributed by atoms with Crippen molar-refractivity contribution in [3.05, 3.63) is 41.7 Å². The number of imidazole rings is 1. The summed E-state index contributed by atoms with van der Waals surface area (Å²) in [6, 6.07) is 1.67. The van der Waals surface area contributed by atoms with Crippen LogP contribution in [0.4, 0.5) is 0 Å². The number of carbonyl (C=O) groups excluding carboxylic acids is 1. The van der Waals surface area contributed by atoms with E-state index < -0.39 is 17.2 Å². The van der Waals surface area contributed by atoms with E-state index in [4.69, 9.17) is 11.6 Å². The molecule has 0 saturated heterocycles. The number of aryl methyl sites for hydroxylation is 1. The summed E-state index contributed by atoms with van der Waals surface area (Å²) < 4.78 is 7.50. The van der Waals surface area contributed by atoms with E-state index in [2.05, 4.69) is 14.7 Å². The number of aromatic nitrogens is 4. The van der Waals surface area contributed by atoms with Crippen LogP contribution < -0.4 is 11.2 Å². The Morgan fingerprint density at radius 2 is 2.12 bits per heavy atom. The second kappa shape index (κ2) is 6.70. The molecule has 0 bridgehead atoms. The Morgan fingerprint density at radius 1 is 1.40 bits per heavy atom. The van der Waals surface area contributed by atoms with Crippen molar-refractivity contribution in [1.29, 1.82) is 0 Å². The fourth-order valence-corrected chi connectivity index (χ4v) is 4.44. The van der Waals surface area contributed by atoms with Crippen LogP contribution in [0.15, 0.2) is 20.8 Å². The predicted molar refractivity (Wildman–Crippen MR) is 96.8 cm³/mol. The van der Waals surface area contributed by atoms with Crippen molar-refractivity contribution < 1.29 is 9.53 Å². The molecule has 25 heavy (non-hydrogen) atoms. The number of hydrogen-bond acceptors (Lipinski definition) is 7. The summed E-state index contributed by atoms with van der Waals surface area (Å²) in [5.74, 6) is 0.00539. The number of fused-ring (bicyclic) bond motifs is 1. The van der Waals surface area contributed by atoms with Crippen LogP contribution in [0.1, 0.15) is 15.2 Å². The fourth-order valence-electron chi connectivity index (χ4n) is 2.23. The third-order valence-electron chi connectivity index (χ3n) is 3.58. The number of aromatic amines is 1. The summed E-state index contributed by atoms with van der Waals surface area (Å²) >= 11 is 8.61. The van der Waals surface area contributed by atoms with E-state index in [1.807, 2.05) is 0 Å². The number of ether oxygens (including phenoxy) is 1. The summed E-state index contributed by atoms with van der Waals surface area (Å²) in [5.41, 5.74) is 0.448. The first kappa shape index (κ1) is 17.8. The Labute approximate surface area is 154 Å². The molecule has 0 spiro atoms. The van der Waals surface area contributed by atoms with Crippen molar-refractivity contribution in [2.45, 2.75) is 10.9 Å². The lowest BCUT2D eigenvalue weighted by atomic mass is 10.3. The van der Waals surface area contributed by atoms with Gasteiger partial charge in [0.05, 0.1) is 11.4 Å². The van der Waals surface area contributed by atoms with Crippen LogP contribution in [0.2, 0.25) is 4.34 Å². The molecule has 132 valence electrons. The van der Waals surface area contributed by atoms with Gasteiger partial charge >= 0.3 is 11.7 Å². The lowest BCUT2D eigenvalue weighted by molar-refractivity contribution is 0.0606. The van der Waals surface area contributed by atoms with Gasteiger partial charge in [0.25, 0.3) is 5.56 Å². The number of thiophene rings is 1. The molecule has 3 heterocycles. The number of hydrogen-bond donors (Lipinski definition) is 1. The molecule has 3 rings (SSSR count). The first-order chi connectivity index (χ1) is 11.8. The maximum absolute atomic E-state index is 12.2. The highest BCUT2D eigenvalue weighted by Crippen LogP contribution is 2.32. The van der Waals surface area contributed by atoms with E-state index in [0.29, 0.717) is 25.8 Å². The van der Waals surface area contributed by atoms with Crippen LogP contribution in [-0.4, -0.2) is 32.2 Å². The quantitative estimate of drug-likeness (QED) is 0.529. The lowest BCUT2D eigenvalue weighted by Gasteiger charge is -2.00. The molecular formula is C14H13ClN4O4S2. The van der Waals surface area contributed by atoms with Gasteiger partial charge in [0.2, 0.25) is 0 Å². The van der Waals surface area contributed by atoms with Crippen LogP contribution >= 0.6 is 34.7 Å². The topological polar surface area (TPSA) is 99.0 Å². The Bertz CT molecular complexity index is 1090. The summed E-state index contributed by atoms with van der Waals surface area (Å²) in [6.07, 6.45) is 0. The van der Waals surface area contributed by atoms with Gasteiger partial charge in [-0.15, -0.1) is 11.3 Å². The smallest absolute Gasteiger partial charge is 0.348 e. The molecule has 8 nitrogen and oxygen atoms in total. The summed E-state index contributed by atoms with van der Waals surface area (Å²) in [4.78, 5) is 43.3. The lowest BCUT2D eigenvalue weighted by Crippen LogP contribution is -2.36. The molecule has 0 fully saturated rings.